The average molecular weight is 291 g/mol. The third kappa shape index (κ3) is 3.10. The van der Waals surface area contributed by atoms with Crippen LogP contribution in [0.4, 0.5) is 14.5 Å². The van der Waals surface area contributed by atoms with Gasteiger partial charge in [0.05, 0.1) is 4.92 Å². The second-order valence-electron chi connectivity index (χ2n) is 4.57. The fourth-order valence-corrected chi connectivity index (χ4v) is 1.94. The zero-order chi connectivity index (χ0) is 15.6. The minimum atomic E-state index is -1.08. The number of halogens is 2. The molecule has 0 saturated heterocycles. The predicted octanol–water partition coefficient (Wildman–Crippen LogP) is 3.61. The van der Waals surface area contributed by atoms with E-state index in [4.69, 9.17) is 0 Å². The first-order valence-corrected chi connectivity index (χ1v) is 6.11. The van der Waals surface area contributed by atoms with Gasteiger partial charge in [-0.3, -0.25) is 14.9 Å². The Morgan fingerprint density at radius 2 is 1.95 bits per heavy atom. The van der Waals surface area contributed by atoms with Crippen molar-refractivity contribution < 1.29 is 18.5 Å². The lowest BCUT2D eigenvalue weighted by atomic mass is 10.0. The molecule has 0 bridgehead atoms. The monoisotopic (exact) mass is 291 g/mol. The summed E-state index contributed by atoms with van der Waals surface area (Å²) >= 11 is 0. The Morgan fingerprint density at radius 1 is 1.24 bits per heavy atom. The topological polar surface area (TPSA) is 60.2 Å². The molecule has 0 aliphatic heterocycles. The molecule has 0 atom stereocenters. The molecule has 2 rings (SSSR count). The molecule has 0 N–H and O–H groups in total. The van der Waals surface area contributed by atoms with Crippen molar-refractivity contribution in [3.63, 3.8) is 0 Å². The molecule has 2 aromatic carbocycles. The zero-order valence-corrected chi connectivity index (χ0v) is 11.1. The number of ketones is 1. The van der Waals surface area contributed by atoms with Gasteiger partial charge in [0.25, 0.3) is 5.69 Å². The van der Waals surface area contributed by atoms with Gasteiger partial charge in [-0.2, -0.15) is 0 Å². The van der Waals surface area contributed by atoms with E-state index in [1.165, 1.54) is 24.3 Å². The Balaban J connectivity index is 2.31. The van der Waals surface area contributed by atoms with Crippen LogP contribution in [0.1, 0.15) is 21.5 Å². The lowest BCUT2D eigenvalue weighted by Crippen LogP contribution is -2.07. The Hall–Kier alpha value is -2.63. The van der Waals surface area contributed by atoms with E-state index < -0.39 is 22.3 Å². The molecule has 0 amide bonds. The van der Waals surface area contributed by atoms with E-state index in [0.29, 0.717) is 5.56 Å². The second-order valence-corrected chi connectivity index (χ2v) is 4.57. The number of aryl methyl sites for hydroxylation is 1. The van der Waals surface area contributed by atoms with E-state index in [0.717, 1.165) is 12.1 Å². The van der Waals surface area contributed by atoms with Crippen molar-refractivity contribution in [1.82, 2.24) is 0 Å². The summed E-state index contributed by atoms with van der Waals surface area (Å²) in [5.74, 6) is -2.62. The molecule has 108 valence electrons. The maximum absolute atomic E-state index is 13.5. The summed E-state index contributed by atoms with van der Waals surface area (Å²) in [5.41, 5.74) is 0.258. The lowest BCUT2D eigenvalue weighted by molar-refractivity contribution is -0.385. The van der Waals surface area contributed by atoms with Gasteiger partial charge in [-0.1, -0.05) is 24.3 Å². The molecule has 4 nitrogen and oxygen atoms in total. The summed E-state index contributed by atoms with van der Waals surface area (Å²) in [6, 6.07) is 7.60. The highest BCUT2D eigenvalue weighted by Crippen LogP contribution is 2.21. The number of Topliss-reactive ketones (excluding diaryl/α,β-unsaturated/α-hetero) is 1. The summed E-state index contributed by atoms with van der Waals surface area (Å²) in [6.45, 7) is 1.55. The lowest BCUT2D eigenvalue weighted by Gasteiger charge is -2.05. The summed E-state index contributed by atoms with van der Waals surface area (Å²) in [4.78, 5) is 22.3. The average Bonchev–Trinajstić information content (AvgIpc) is 2.44. The summed E-state index contributed by atoms with van der Waals surface area (Å²) in [5, 5.41) is 10.8. The van der Waals surface area contributed by atoms with Gasteiger partial charge in [-0.15, -0.1) is 0 Å². The molecule has 0 radical (unpaired) electrons. The molecular weight excluding hydrogens is 280 g/mol. The third-order valence-electron chi connectivity index (χ3n) is 3.11. The van der Waals surface area contributed by atoms with Crippen LogP contribution in [0.15, 0.2) is 36.4 Å². The van der Waals surface area contributed by atoms with E-state index in [2.05, 4.69) is 0 Å². The number of hydrogen-bond acceptors (Lipinski definition) is 3. The SMILES string of the molecule is Cc1ccc(C(=O)Cc2cccc(F)c2F)cc1[N+](=O)[O-]. The Bertz CT molecular complexity index is 729. The van der Waals surface area contributed by atoms with Crippen molar-refractivity contribution in [2.75, 3.05) is 0 Å². The van der Waals surface area contributed by atoms with Gasteiger partial charge in [0, 0.05) is 23.6 Å². The first kappa shape index (κ1) is 14.8. The molecule has 21 heavy (non-hydrogen) atoms. The van der Waals surface area contributed by atoms with Crippen LogP contribution in [0.25, 0.3) is 0 Å². The quantitative estimate of drug-likeness (QED) is 0.491. The summed E-state index contributed by atoms with van der Waals surface area (Å²) in [6.07, 6.45) is -0.357. The van der Waals surface area contributed by atoms with Gasteiger partial charge in [-0.25, -0.2) is 8.78 Å². The van der Waals surface area contributed by atoms with Crippen molar-refractivity contribution in [1.29, 1.82) is 0 Å². The van der Waals surface area contributed by atoms with Crippen LogP contribution in [0.3, 0.4) is 0 Å². The number of benzene rings is 2. The molecule has 0 saturated carbocycles. The van der Waals surface area contributed by atoms with Gasteiger partial charge in [-0.05, 0) is 18.6 Å². The molecule has 0 unspecified atom stereocenters. The maximum Gasteiger partial charge on any atom is 0.273 e. The van der Waals surface area contributed by atoms with Gasteiger partial charge in [0.2, 0.25) is 0 Å². The van der Waals surface area contributed by atoms with Gasteiger partial charge >= 0.3 is 0 Å². The number of hydrogen-bond donors (Lipinski definition) is 0. The van der Waals surface area contributed by atoms with Crippen LogP contribution < -0.4 is 0 Å². The molecule has 0 spiro atoms. The summed E-state index contributed by atoms with van der Waals surface area (Å²) in [7, 11) is 0. The fraction of sp³-hybridized carbons (Fsp3) is 0.133. The van der Waals surface area contributed by atoms with Gasteiger partial charge in [0.1, 0.15) is 0 Å². The third-order valence-corrected chi connectivity index (χ3v) is 3.11. The Kier molecular flexibility index (Phi) is 4.07. The number of nitro benzene ring substituents is 1. The zero-order valence-electron chi connectivity index (χ0n) is 11.1. The van der Waals surface area contributed by atoms with Crippen LogP contribution in [0.2, 0.25) is 0 Å². The minimum absolute atomic E-state index is 0.0803. The molecule has 6 heteroatoms. The number of nitro groups is 1. The van der Waals surface area contributed by atoms with E-state index in [9.17, 15) is 23.7 Å². The Morgan fingerprint density at radius 3 is 2.62 bits per heavy atom. The molecule has 2 aromatic rings. The number of carbonyl (C=O) groups excluding carboxylic acids is 1. The molecule has 0 aliphatic carbocycles. The van der Waals surface area contributed by atoms with E-state index >= 15 is 0 Å². The van der Waals surface area contributed by atoms with Gasteiger partial charge < -0.3 is 0 Å². The fourth-order valence-electron chi connectivity index (χ4n) is 1.94. The first-order chi connectivity index (χ1) is 9.90. The van der Waals surface area contributed by atoms with Crippen LogP contribution in [0, 0.1) is 28.7 Å². The van der Waals surface area contributed by atoms with Crippen molar-refractivity contribution in [3.05, 3.63) is 74.8 Å². The molecule has 0 fully saturated rings. The van der Waals surface area contributed by atoms with Crippen LogP contribution in [-0.4, -0.2) is 10.7 Å². The van der Waals surface area contributed by atoms with Gasteiger partial charge in [0.15, 0.2) is 17.4 Å². The Labute approximate surface area is 119 Å². The number of nitrogens with zero attached hydrogens (tertiary/aromatic N) is 1. The highest BCUT2D eigenvalue weighted by molar-refractivity contribution is 5.98. The smallest absolute Gasteiger partial charge is 0.273 e. The molecule has 0 heterocycles. The molecule has 0 aliphatic rings. The predicted molar refractivity (Wildman–Crippen MR) is 72.2 cm³/mol. The van der Waals surface area contributed by atoms with Crippen molar-refractivity contribution in [2.45, 2.75) is 13.3 Å². The van der Waals surface area contributed by atoms with E-state index in [1.54, 1.807) is 6.92 Å². The normalized spacial score (nSPS) is 10.4. The van der Waals surface area contributed by atoms with E-state index in [1.807, 2.05) is 0 Å². The van der Waals surface area contributed by atoms with Crippen LogP contribution in [-0.2, 0) is 6.42 Å². The largest absolute Gasteiger partial charge is 0.294 e. The minimum Gasteiger partial charge on any atom is -0.294 e. The standard InChI is InChI=1S/C15H11F2NO3/c1-9-5-6-10(7-13(9)18(20)21)14(19)8-11-3-2-4-12(16)15(11)17/h2-7H,8H2,1H3. The maximum atomic E-state index is 13.5. The van der Waals surface area contributed by atoms with E-state index in [-0.39, 0.29) is 23.2 Å². The summed E-state index contributed by atoms with van der Waals surface area (Å²) < 4.78 is 26.6. The van der Waals surface area contributed by atoms with Crippen molar-refractivity contribution >= 4 is 11.5 Å². The second kappa shape index (κ2) is 5.78. The van der Waals surface area contributed by atoms with Crippen molar-refractivity contribution in [2.24, 2.45) is 0 Å². The highest BCUT2D eigenvalue weighted by atomic mass is 19.2. The number of rotatable bonds is 4. The number of carbonyl (C=O) groups is 1. The van der Waals surface area contributed by atoms with Crippen LogP contribution >= 0.6 is 0 Å². The molecule has 0 aromatic heterocycles. The van der Waals surface area contributed by atoms with Crippen molar-refractivity contribution in [3.8, 4) is 0 Å². The first-order valence-electron chi connectivity index (χ1n) is 6.11. The van der Waals surface area contributed by atoms with Crippen LogP contribution in [0.5, 0.6) is 0 Å². The highest BCUT2D eigenvalue weighted by Gasteiger charge is 2.17. The molecular formula is C15H11F2NO3.